The van der Waals surface area contributed by atoms with Crippen molar-refractivity contribution in [2.45, 2.75) is 13.0 Å². The van der Waals surface area contributed by atoms with Crippen LogP contribution in [-0.4, -0.2) is 34.9 Å². The lowest BCUT2D eigenvalue weighted by atomic mass is 10.2. The number of benzene rings is 1. The fraction of sp³-hybridized carbons (Fsp3) is 0.273. The lowest BCUT2D eigenvalue weighted by Crippen LogP contribution is -2.45. The Hall–Kier alpha value is -1.60. The second-order valence-electron chi connectivity index (χ2n) is 3.61. The molecule has 0 radical (unpaired) electrons. The van der Waals surface area contributed by atoms with Crippen LogP contribution in [0.5, 0.6) is 0 Å². The van der Waals surface area contributed by atoms with E-state index in [4.69, 9.17) is 10.2 Å². The van der Waals surface area contributed by atoms with E-state index in [1.807, 2.05) is 13.0 Å². The van der Waals surface area contributed by atoms with Crippen molar-refractivity contribution in [3.63, 3.8) is 0 Å². The fourth-order valence-electron chi connectivity index (χ4n) is 1.25. The first-order valence-electron chi connectivity index (χ1n) is 5.12. The van der Waals surface area contributed by atoms with Gasteiger partial charge in [-0.05, 0) is 34.5 Å². The van der Waals surface area contributed by atoms with E-state index in [1.54, 1.807) is 12.1 Å². The number of anilines is 1. The molecule has 0 aliphatic carbocycles. The number of nitrogens with one attached hydrogen (secondary N) is 2. The van der Waals surface area contributed by atoms with Gasteiger partial charge in [0, 0.05) is 4.47 Å². The summed E-state index contributed by atoms with van der Waals surface area (Å²) in [6.07, 6.45) is 0. The van der Waals surface area contributed by atoms with Crippen LogP contribution in [0.1, 0.15) is 5.56 Å². The minimum absolute atomic E-state index is 0.523. The monoisotopic (exact) mass is 316 g/mol. The van der Waals surface area contributed by atoms with Crippen molar-refractivity contribution in [2.75, 3.05) is 11.9 Å². The van der Waals surface area contributed by atoms with Gasteiger partial charge in [-0.2, -0.15) is 0 Å². The highest BCUT2D eigenvalue weighted by Crippen LogP contribution is 2.25. The van der Waals surface area contributed by atoms with Crippen LogP contribution in [0, 0.1) is 6.92 Å². The molecule has 98 valence electrons. The van der Waals surface area contributed by atoms with Gasteiger partial charge in [0.25, 0.3) is 0 Å². The minimum Gasteiger partial charge on any atom is -0.480 e. The van der Waals surface area contributed by atoms with E-state index in [0.29, 0.717) is 5.69 Å². The Balaban J connectivity index is 2.70. The summed E-state index contributed by atoms with van der Waals surface area (Å²) in [5.41, 5.74) is 1.46. The highest BCUT2D eigenvalue weighted by molar-refractivity contribution is 9.10. The number of aliphatic hydroxyl groups excluding tert-OH is 1. The molecule has 0 aromatic heterocycles. The number of halogens is 1. The first-order chi connectivity index (χ1) is 8.45. The molecule has 1 aromatic carbocycles. The van der Waals surface area contributed by atoms with Crippen molar-refractivity contribution in [3.05, 3.63) is 28.2 Å². The molecule has 1 rings (SSSR count). The quantitative estimate of drug-likeness (QED) is 0.673. The van der Waals surface area contributed by atoms with Crippen molar-refractivity contribution in [2.24, 2.45) is 0 Å². The summed E-state index contributed by atoms with van der Waals surface area (Å²) in [6.45, 7) is 1.19. The summed E-state index contributed by atoms with van der Waals surface area (Å²) in [4.78, 5) is 22.2. The van der Waals surface area contributed by atoms with Crippen LogP contribution in [0.3, 0.4) is 0 Å². The first-order valence-corrected chi connectivity index (χ1v) is 5.91. The molecule has 4 N–H and O–H groups in total. The van der Waals surface area contributed by atoms with Gasteiger partial charge < -0.3 is 20.8 Å². The number of hydrogen-bond acceptors (Lipinski definition) is 3. The van der Waals surface area contributed by atoms with Crippen LogP contribution in [0.25, 0.3) is 0 Å². The average molecular weight is 317 g/mol. The maximum Gasteiger partial charge on any atom is 0.328 e. The summed E-state index contributed by atoms with van der Waals surface area (Å²) in [6, 6.07) is 3.28. The molecule has 6 nitrogen and oxygen atoms in total. The van der Waals surface area contributed by atoms with E-state index in [2.05, 4.69) is 26.6 Å². The van der Waals surface area contributed by atoms with Crippen LogP contribution in [0.15, 0.2) is 22.7 Å². The van der Waals surface area contributed by atoms with Gasteiger partial charge in [0.05, 0.1) is 12.3 Å². The van der Waals surface area contributed by atoms with Gasteiger partial charge in [-0.25, -0.2) is 9.59 Å². The Bertz CT molecular complexity index is 464. The SMILES string of the molecule is Cc1cccc(NC(=O)N[C@@H](CO)C(=O)O)c1Br. The average Bonchev–Trinajstić information content (AvgIpc) is 2.31. The zero-order valence-corrected chi connectivity index (χ0v) is 11.2. The standard InChI is InChI=1S/C11H13BrN2O4/c1-6-3-2-4-7(9(6)12)13-11(18)14-8(5-15)10(16)17/h2-4,8,15H,5H2,1H3,(H,16,17)(H2,13,14,18)/t8-/m0/s1. The predicted octanol–water partition coefficient (Wildman–Crippen LogP) is 1.32. The summed E-state index contributed by atoms with van der Waals surface area (Å²) in [5.74, 6) is -1.30. The molecule has 18 heavy (non-hydrogen) atoms. The number of amides is 2. The first kappa shape index (κ1) is 14.5. The molecule has 7 heteroatoms. The van der Waals surface area contributed by atoms with Crippen molar-refractivity contribution < 1.29 is 19.8 Å². The molecule has 1 aromatic rings. The third kappa shape index (κ3) is 3.71. The smallest absolute Gasteiger partial charge is 0.328 e. The van der Waals surface area contributed by atoms with Gasteiger partial charge in [-0.15, -0.1) is 0 Å². The van der Waals surface area contributed by atoms with Gasteiger partial charge in [-0.3, -0.25) is 0 Å². The number of carboxylic acids is 1. The normalized spacial score (nSPS) is 11.7. The summed E-state index contributed by atoms with van der Waals surface area (Å²) < 4.78 is 0.719. The Morgan fingerprint density at radius 2 is 2.11 bits per heavy atom. The van der Waals surface area contributed by atoms with Crippen molar-refractivity contribution in [1.29, 1.82) is 0 Å². The van der Waals surface area contributed by atoms with Crippen LogP contribution in [0.2, 0.25) is 0 Å². The van der Waals surface area contributed by atoms with E-state index in [9.17, 15) is 9.59 Å². The molecule has 0 aliphatic heterocycles. The van der Waals surface area contributed by atoms with Gasteiger partial charge in [-0.1, -0.05) is 12.1 Å². The number of hydrogen-bond donors (Lipinski definition) is 4. The van der Waals surface area contributed by atoms with E-state index in [1.165, 1.54) is 0 Å². The molecule has 0 fully saturated rings. The van der Waals surface area contributed by atoms with Crippen LogP contribution in [-0.2, 0) is 4.79 Å². The van der Waals surface area contributed by atoms with Gasteiger partial charge >= 0.3 is 12.0 Å². The molecule has 0 saturated carbocycles. The third-order valence-electron chi connectivity index (χ3n) is 2.23. The van der Waals surface area contributed by atoms with Gasteiger partial charge in [0.2, 0.25) is 0 Å². The lowest BCUT2D eigenvalue weighted by Gasteiger charge is -2.14. The van der Waals surface area contributed by atoms with E-state index in [-0.39, 0.29) is 0 Å². The predicted molar refractivity (Wildman–Crippen MR) is 69.5 cm³/mol. The molecule has 1 atom stereocenters. The Morgan fingerprint density at radius 3 is 2.67 bits per heavy atom. The summed E-state index contributed by atoms with van der Waals surface area (Å²) >= 11 is 3.31. The van der Waals surface area contributed by atoms with E-state index < -0.39 is 24.6 Å². The second kappa shape index (κ2) is 6.36. The molecular formula is C11H13BrN2O4. The summed E-state index contributed by atoms with van der Waals surface area (Å²) in [5, 5.41) is 22.1. The van der Waals surface area contributed by atoms with Gasteiger partial charge in [0.1, 0.15) is 0 Å². The second-order valence-corrected chi connectivity index (χ2v) is 4.40. The number of aryl methyl sites for hydroxylation is 1. The van der Waals surface area contributed by atoms with Crippen molar-refractivity contribution in [1.82, 2.24) is 5.32 Å². The van der Waals surface area contributed by atoms with Crippen molar-refractivity contribution >= 4 is 33.6 Å². The van der Waals surface area contributed by atoms with Crippen LogP contribution >= 0.6 is 15.9 Å². The number of rotatable bonds is 4. The van der Waals surface area contributed by atoms with E-state index in [0.717, 1.165) is 10.0 Å². The molecule has 2 amide bonds. The lowest BCUT2D eigenvalue weighted by molar-refractivity contribution is -0.140. The number of aliphatic hydroxyl groups is 1. The number of carbonyl (C=O) groups excluding carboxylic acids is 1. The van der Waals surface area contributed by atoms with Crippen LogP contribution < -0.4 is 10.6 Å². The Labute approximate surface area is 112 Å². The fourth-order valence-corrected chi connectivity index (χ4v) is 1.61. The maximum atomic E-state index is 11.5. The van der Waals surface area contributed by atoms with Crippen molar-refractivity contribution in [3.8, 4) is 0 Å². The number of carboxylic acid groups (broad SMARTS) is 1. The molecule has 0 saturated heterocycles. The third-order valence-corrected chi connectivity index (χ3v) is 3.28. The number of aliphatic carboxylic acids is 1. The molecule has 0 aliphatic rings. The van der Waals surface area contributed by atoms with Gasteiger partial charge in [0.15, 0.2) is 6.04 Å². The molecule has 0 bridgehead atoms. The number of urea groups is 1. The highest BCUT2D eigenvalue weighted by Gasteiger charge is 2.19. The maximum absolute atomic E-state index is 11.5. The minimum atomic E-state index is -1.33. The zero-order chi connectivity index (χ0) is 13.7. The topological polar surface area (TPSA) is 98.7 Å². The molecule has 0 heterocycles. The molecule has 0 unspecified atom stereocenters. The zero-order valence-electron chi connectivity index (χ0n) is 9.61. The number of carbonyl (C=O) groups is 2. The summed E-state index contributed by atoms with van der Waals surface area (Å²) in [7, 11) is 0. The Kier molecular flexibility index (Phi) is 5.11. The van der Waals surface area contributed by atoms with E-state index >= 15 is 0 Å². The van der Waals surface area contributed by atoms with Crippen LogP contribution in [0.4, 0.5) is 10.5 Å². The largest absolute Gasteiger partial charge is 0.480 e. The Morgan fingerprint density at radius 1 is 1.44 bits per heavy atom. The highest BCUT2D eigenvalue weighted by atomic mass is 79.9. The molecular weight excluding hydrogens is 304 g/mol. The molecule has 0 spiro atoms.